The molecule has 3 nitrogen and oxygen atoms in total. The zero-order valence-electron chi connectivity index (χ0n) is 9.00. The van der Waals surface area contributed by atoms with Gasteiger partial charge in [-0.25, -0.2) is 0 Å². The summed E-state index contributed by atoms with van der Waals surface area (Å²) in [7, 11) is 0. The van der Waals surface area contributed by atoms with Gasteiger partial charge in [-0.15, -0.1) is 0 Å². The molecule has 0 aliphatic rings. The van der Waals surface area contributed by atoms with Crippen molar-refractivity contribution in [2.24, 2.45) is 0 Å². The fourth-order valence-corrected chi connectivity index (χ4v) is 1.96. The highest BCUT2D eigenvalue weighted by Crippen LogP contribution is 2.26. The Hall–Kier alpha value is -0.770. The number of nitrogens with one attached hydrogen (secondary N) is 1. The minimum Gasteiger partial charge on any atom is -0.480 e. The van der Waals surface area contributed by atoms with Crippen molar-refractivity contribution >= 4 is 29.2 Å². The summed E-state index contributed by atoms with van der Waals surface area (Å²) in [6.07, 6.45) is 0. The van der Waals surface area contributed by atoms with Crippen molar-refractivity contribution in [1.29, 1.82) is 0 Å². The smallest absolute Gasteiger partial charge is 0.320 e. The molecule has 0 saturated heterocycles. The monoisotopic (exact) mass is 261 g/mol. The van der Waals surface area contributed by atoms with Crippen LogP contribution in [0.3, 0.4) is 0 Å². The summed E-state index contributed by atoms with van der Waals surface area (Å²) in [4.78, 5) is 10.7. The molecule has 2 unspecified atom stereocenters. The van der Waals surface area contributed by atoms with E-state index in [2.05, 4.69) is 5.32 Å². The first-order valence-electron chi connectivity index (χ1n) is 4.85. The number of carbonyl (C=O) groups is 1. The highest BCUT2D eigenvalue weighted by Gasteiger charge is 2.16. The summed E-state index contributed by atoms with van der Waals surface area (Å²) in [5.74, 6) is -0.892. The average molecular weight is 262 g/mol. The Morgan fingerprint density at radius 2 is 2.00 bits per heavy atom. The third kappa shape index (κ3) is 3.37. The third-order valence-electron chi connectivity index (χ3n) is 2.30. The van der Waals surface area contributed by atoms with Crippen LogP contribution in [0, 0.1) is 0 Å². The van der Waals surface area contributed by atoms with E-state index < -0.39 is 12.0 Å². The van der Waals surface area contributed by atoms with Gasteiger partial charge in [-0.1, -0.05) is 29.3 Å². The van der Waals surface area contributed by atoms with Crippen LogP contribution >= 0.6 is 23.2 Å². The molecular weight excluding hydrogens is 249 g/mol. The Labute approximate surface area is 104 Å². The third-order valence-corrected chi connectivity index (χ3v) is 2.86. The minimum absolute atomic E-state index is 0.143. The molecule has 0 aliphatic heterocycles. The van der Waals surface area contributed by atoms with Gasteiger partial charge in [0.15, 0.2) is 0 Å². The fraction of sp³-hybridized carbons (Fsp3) is 0.364. The van der Waals surface area contributed by atoms with Gasteiger partial charge in [0, 0.05) is 16.1 Å². The van der Waals surface area contributed by atoms with Gasteiger partial charge in [0.25, 0.3) is 0 Å². The van der Waals surface area contributed by atoms with Gasteiger partial charge in [-0.05, 0) is 31.5 Å². The van der Waals surface area contributed by atoms with Crippen LogP contribution in [0.25, 0.3) is 0 Å². The molecular formula is C11H13Cl2NO2. The fourth-order valence-electron chi connectivity index (χ4n) is 1.39. The van der Waals surface area contributed by atoms with Crippen molar-refractivity contribution in [3.63, 3.8) is 0 Å². The van der Waals surface area contributed by atoms with E-state index in [0.717, 1.165) is 5.56 Å². The van der Waals surface area contributed by atoms with Gasteiger partial charge < -0.3 is 5.11 Å². The van der Waals surface area contributed by atoms with Crippen LogP contribution in [-0.2, 0) is 4.79 Å². The summed E-state index contributed by atoms with van der Waals surface area (Å²) < 4.78 is 0. The van der Waals surface area contributed by atoms with E-state index in [1.54, 1.807) is 25.1 Å². The number of aliphatic carboxylic acids is 1. The quantitative estimate of drug-likeness (QED) is 0.876. The van der Waals surface area contributed by atoms with Crippen LogP contribution in [0.2, 0.25) is 10.0 Å². The first kappa shape index (κ1) is 13.3. The zero-order chi connectivity index (χ0) is 12.3. The molecule has 0 saturated carbocycles. The Morgan fingerprint density at radius 1 is 1.38 bits per heavy atom. The second-order valence-electron chi connectivity index (χ2n) is 3.61. The molecule has 0 radical (unpaired) electrons. The standard InChI is InChI=1S/C11H13Cl2NO2/c1-6(14-7(2)11(15)16)9-4-3-8(12)5-10(9)13/h3-7,14H,1-2H3,(H,15,16). The molecule has 0 spiro atoms. The van der Waals surface area contributed by atoms with Crippen molar-refractivity contribution in [2.45, 2.75) is 25.9 Å². The van der Waals surface area contributed by atoms with Crippen LogP contribution in [0.1, 0.15) is 25.5 Å². The molecule has 0 fully saturated rings. The minimum atomic E-state index is -0.892. The summed E-state index contributed by atoms with van der Waals surface area (Å²) in [6.45, 7) is 3.44. The first-order valence-corrected chi connectivity index (χ1v) is 5.61. The van der Waals surface area contributed by atoms with Crippen LogP contribution in [0.4, 0.5) is 0 Å². The summed E-state index contributed by atoms with van der Waals surface area (Å²) >= 11 is 11.8. The first-order chi connectivity index (χ1) is 7.41. The molecule has 1 aromatic carbocycles. The van der Waals surface area contributed by atoms with Crippen molar-refractivity contribution in [3.8, 4) is 0 Å². The molecule has 5 heteroatoms. The second kappa shape index (κ2) is 5.53. The van der Waals surface area contributed by atoms with Crippen LogP contribution in [0.15, 0.2) is 18.2 Å². The van der Waals surface area contributed by atoms with Gasteiger partial charge in [0.2, 0.25) is 0 Å². The van der Waals surface area contributed by atoms with Gasteiger partial charge in [-0.2, -0.15) is 0 Å². The van der Waals surface area contributed by atoms with Crippen LogP contribution in [0.5, 0.6) is 0 Å². The maximum atomic E-state index is 10.7. The lowest BCUT2D eigenvalue weighted by molar-refractivity contribution is -0.139. The lowest BCUT2D eigenvalue weighted by Gasteiger charge is -2.18. The van der Waals surface area contributed by atoms with E-state index in [-0.39, 0.29) is 6.04 Å². The Balaban J connectivity index is 2.80. The highest BCUT2D eigenvalue weighted by atomic mass is 35.5. The van der Waals surface area contributed by atoms with Crippen molar-refractivity contribution < 1.29 is 9.90 Å². The largest absolute Gasteiger partial charge is 0.480 e. The molecule has 0 aliphatic carbocycles. The number of carboxylic acids is 1. The number of rotatable bonds is 4. The van der Waals surface area contributed by atoms with Gasteiger partial charge in [0.1, 0.15) is 6.04 Å². The van der Waals surface area contributed by atoms with E-state index in [1.165, 1.54) is 0 Å². The summed E-state index contributed by atoms with van der Waals surface area (Å²) in [5, 5.41) is 12.8. The number of hydrogen-bond donors (Lipinski definition) is 2. The zero-order valence-corrected chi connectivity index (χ0v) is 10.5. The Morgan fingerprint density at radius 3 is 2.50 bits per heavy atom. The Bertz CT molecular complexity index is 396. The van der Waals surface area contributed by atoms with Crippen LogP contribution in [-0.4, -0.2) is 17.1 Å². The summed E-state index contributed by atoms with van der Waals surface area (Å²) in [5.41, 5.74) is 0.833. The molecule has 0 aromatic heterocycles. The van der Waals surface area contributed by atoms with Crippen molar-refractivity contribution in [3.05, 3.63) is 33.8 Å². The lowest BCUT2D eigenvalue weighted by atomic mass is 10.1. The van der Waals surface area contributed by atoms with E-state index in [9.17, 15) is 4.79 Å². The number of hydrogen-bond acceptors (Lipinski definition) is 2. The van der Waals surface area contributed by atoms with Gasteiger partial charge in [0.05, 0.1) is 0 Å². The average Bonchev–Trinajstić information content (AvgIpc) is 2.16. The number of benzene rings is 1. The SMILES string of the molecule is CC(NC(C)c1ccc(Cl)cc1Cl)C(=O)O. The van der Waals surface area contributed by atoms with Crippen molar-refractivity contribution in [2.75, 3.05) is 0 Å². The topological polar surface area (TPSA) is 49.3 Å². The normalized spacial score (nSPS) is 14.5. The van der Waals surface area contributed by atoms with Gasteiger partial charge >= 0.3 is 5.97 Å². The van der Waals surface area contributed by atoms with E-state index in [0.29, 0.717) is 10.0 Å². The molecule has 0 heterocycles. The Kier molecular flexibility index (Phi) is 4.59. The molecule has 16 heavy (non-hydrogen) atoms. The van der Waals surface area contributed by atoms with E-state index in [1.807, 2.05) is 6.92 Å². The summed E-state index contributed by atoms with van der Waals surface area (Å²) in [6, 6.07) is 4.39. The maximum absolute atomic E-state index is 10.7. The second-order valence-corrected chi connectivity index (χ2v) is 4.46. The maximum Gasteiger partial charge on any atom is 0.320 e. The molecule has 2 atom stereocenters. The van der Waals surface area contributed by atoms with E-state index in [4.69, 9.17) is 28.3 Å². The van der Waals surface area contributed by atoms with Gasteiger partial charge in [-0.3, -0.25) is 10.1 Å². The predicted molar refractivity (Wildman–Crippen MR) is 65.1 cm³/mol. The molecule has 0 amide bonds. The predicted octanol–water partition coefficient (Wildman–Crippen LogP) is 3.12. The number of halogens is 2. The number of carboxylic acid groups (broad SMARTS) is 1. The highest BCUT2D eigenvalue weighted by molar-refractivity contribution is 6.35. The molecule has 88 valence electrons. The van der Waals surface area contributed by atoms with Crippen molar-refractivity contribution in [1.82, 2.24) is 5.32 Å². The van der Waals surface area contributed by atoms with Crippen LogP contribution < -0.4 is 5.32 Å². The molecule has 1 aromatic rings. The molecule has 2 N–H and O–H groups in total. The lowest BCUT2D eigenvalue weighted by Crippen LogP contribution is -2.35. The van der Waals surface area contributed by atoms with E-state index >= 15 is 0 Å². The molecule has 1 rings (SSSR count). The molecule has 0 bridgehead atoms.